The molecule has 0 aliphatic carbocycles. The molecule has 1 aromatic heterocycles. The third-order valence-electron chi connectivity index (χ3n) is 15.4. The average Bonchev–Trinajstić information content (AvgIpc) is 3.77. The number of nitrogens with zero attached hydrogens (tertiary/aromatic N) is 2. The van der Waals surface area contributed by atoms with Crippen LogP contribution in [0.2, 0.25) is 0 Å². The summed E-state index contributed by atoms with van der Waals surface area (Å²) in [4.78, 5) is 2.51. The second-order valence-electron chi connectivity index (χ2n) is 22.2. The topological polar surface area (TPSA) is 8.17 Å². The lowest BCUT2D eigenvalue weighted by molar-refractivity contribution is 0.590. The molecule has 0 spiro atoms. The third-order valence-corrected chi connectivity index (χ3v) is 15.4. The van der Waals surface area contributed by atoms with Crippen molar-refractivity contribution in [1.29, 1.82) is 0 Å². The lowest BCUT2D eigenvalue weighted by Gasteiger charge is -2.29. The molecular formula is C72H58N2. The van der Waals surface area contributed by atoms with E-state index in [9.17, 15) is 0 Å². The first-order valence-electron chi connectivity index (χ1n) is 26.1. The van der Waals surface area contributed by atoms with Crippen LogP contribution < -0.4 is 4.90 Å². The molecule has 74 heavy (non-hydrogen) atoms. The van der Waals surface area contributed by atoms with Crippen molar-refractivity contribution in [1.82, 2.24) is 4.57 Å². The van der Waals surface area contributed by atoms with E-state index in [0.29, 0.717) is 0 Å². The van der Waals surface area contributed by atoms with Crippen LogP contribution in [0.15, 0.2) is 243 Å². The molecule has 0 bridgehead atoms. The van der Waals surface area contributed by atoms with Crippen molar-refractivity contribution in [2.45, 2.75) is 52.4 Å². The molecule has 2 nitrogen and oxygen atoms in total. The van der Waals surface area contributed by atoms with E-state index in [4.69, 9.17) is 0 Å². The van der Waals surface area contributed by atoms with Gasteiger partial charge in [0.05, 0.1) is 22.4 Å². The van der Waals surface area contributed by atoms with Crippen LogP contribution in [0.4, 0.5) is 17.1 Å². The maximum Gasteiger partial charge on any atom is 0.0541 e. The van der Waals surface area contributed by atoms with Gasteiger partial charge in [-0.1, -0.05) is 217 Å². The van der Waals surface area contributed by atoms with Gasteiger partial charge in [0.25, 0.3) is 0 Å². The van der Waals surface area contributed by atoms with Crippen LogP contribution in [-0.2, 0) is 10.8 Å². The molecule has 1 heterocycles. The Balaban J connectivity index is 1.07. The molecule has 0 aliphatic rings. The minimum Gasteiger partial charge on any atom is -0.310 e. The summed E-state index contributed by atoms with van der Waals surface area (Å²) in [6, 6.07) is 90.5. The Hall–Kier alpha value is -8.72. The summed E-state index contributed by atoms with van der Waals surface area (Å²) < 4.78 is 2.53. The molecule has 0 unspecified atom stereocenters. The van der Waals surface area contributed by atoms with Crippen LogP contribution in [0.1, 0.15) is 52.7 Å². The lowest BCUT2D eigenvalue weighted by Crippen LogP contribution is -2.11. The Morgan fingerprint density at radius 2 is 0.770 bits per heavy atom. The minimum atomic E-state index is 0.0167. The number of aromatic nitrogens is 1. The summed E-state index contributed by atoms with van der Waals surface area (Å²) in [5.74, 6) is 0. The summed E-state index contributed by atoms with van der Waals surface area (Å²) in [5.41, 5.74) is 19.1. The largest absolute Gasteiger partial charge is 0.310 e. The minimum absolute atomic E-state index is 0.0167. The van der Waals surface area contributed by atoms with E-state index >= 15 is 0 Å². The smallest absolute Gasteiger partial charge is 0.0541 e. The highest BCUT2D eigenvalue weighted by molar-refractivity contribution is 6.27. The monoisotopic (exact) mass is 950 g/mol. The molecule has 0 radical (unpaired) electrons. The molecule has 13 rings (SSSR count). The van der Waals surface area contributed by atoms with Gasteiger partial charge in [-0.25, -0.2) is 0 Å². The van der Waals surface area contributed by atoms with Gasteiger partial charge in [-0.2, -0.15) is 0 Å². The number of benzene rings is 12. The Labute approximate surface area is 434 Å². The van der Waals surface area contributed by atoms with Crippen molar-refractivity contribution in [3.05, 3.63) is 254 Å². The standard InChI is InChI=1S/C72H58N2/c1-71(2,3)55-33-39-67-63(45-55)64-46-56(72(4,5)6)34-40-68(64)74(67)66-38-32-51-29-35-61-65(37-31-50-30-36-62(66)70(51)69(50)61)73(57-26-18-25-52(42-57)60-28-17-16-27-59(60)49-23-14-9-15-24-49)58-43-53(47-19-10-7-11-20-47)41-54(44-58)48-21-12-8-13-22-48/h7-46H,1-6H3. The van der Waals surface area contributed by atoms with Gasteiger partial charge in [0.2, 0.25) is 0 Å². The van der Waals surface area contributed by atoms with E-state index in [-0.39, 0.29) is 10.8 Å². The molecule has 0 atom stereocenters. The van der Waals surface area contributed by atoms with Crippen LogP contribution in [0.25, 0.3) is 104 Å². The molecule has 0 amide bonds. The maximum absolute atomic E-state index is 2.53. The van der Waals surface area contributed by atoms with Crippen molar-refractivity contribution < 1.29 is 0 Å². The normalized spacial score (nSPS) is 12.2. The maximum atomic E-state index is 2.53. The van der Waals surface area contributed by atoms with Crippen LogP contribution in [0.5, 0.6) is 0 Å². The van der Waals surface area contributed by atoms with Crippen molar-refractivity contribution in [2.75, 3.05) is 4.90 Å². The van der Waals surface area contributed by atoms with E-state index in [1.165, 1.54) is 98.8 Å². The molecule has 2 heteroatoms. The van der Waals surface area contributed by atoms with Gasteiger partial charge < -0.3 is 9.47 Å². The van der Waals surface area contributed by atoms with Crippen LogP contribution in [0, 0.1) is 0 Å². The Bertz CT molecular complexity index is 4110. The van der Waals surface area contributed by atoms with E-state index in [1.54, 1.807) is 0 Å². The quantitative estimate of drug-likeness (QED) is 0.138. The van der Waals surface area contributed by atoms with E-state index in [0.717, 1.165) is 33.8 Å². The number of hydrogen-bond donors (Lipinski definition) is 0. The highest BCUT2D eigenvalue weighted by Crippen LogP contribution is 2.48. The Morgan fingerprint density at radius 1 is 0.311 bits per heavy atom. The van der Waals surface area contributed by atoms with Gasteiger partial charge in [-0.05, 0) is 155 Å². The first kappa shape index (κ1) is 45.2. The second-order valence-corrected chi connectivity index (χ2v) is 22.2. The average molecular weight is 951 g/mol. The molecule has 0 fully saturated rings. The predicted octanol–water partition coefficient (Wildman–Crippen LogP) is 20.4. The van der Waals surface area contributed by atoms with Gasteiger partial charge in [0.1, 0.15) is 0 Å². The van der Waals surface area contributed by atoms with Crippen molar-refractivity contribution >= 4 is 71.2 Å². The zero-order chi connectivity index (χ0) is 50.3. The number of hydrogen-bond acceptors (Lipinski definition) is 1. The van der Waals surface area contributed by atoms with Crippen LogP contribution >= 0.6 is 0 Å². The van der Waals surface area contributed by atoms with Gasteiger partial charge in [-0.3, -0.25) is 0 Å². The predicted molar refractivity (Wildman–Crippen MR) is 318 cm³/mol. The first-order valence-corrected chi connectivity index (χ1v) is 26.1. The number of anilines is 3. The third kappa shape index (κ3) is 7.72. The van der Waals surface area contributed by atoms with Crippen molar-refractivity contribution in [3.63, 3.8) is 0 Å². The summed E-state index contributed by atoms with van der Waals surface area (Å²) in [6.07, 6.45) is 0. The van der Waals surface area contributed by atoms with E-state index in [1.807, 2.05) is 0 Å². The van der Waals surface area contributed by atoms with Crippen LogP contribution in [0.3, 0.4) is 0 Å². The number of rotatable bonds is 8. The lowest BCUT2D eigenvalue weighted by atomic mass is 9.85. The van der Waals surface area contributed by atoms with Gasteiger partial charge >= 0.3 is 0 Å². The van der Waals surface area contributed by atoms with E-state index < -0.39 is 0 Å². The molecule has 0 aliphatic heterocycles. The van der Waals surface area contributed by atoms with Gasteiger partial charge in [-0.15, -0.1) is 0 Å². The molecule has 12 aromatic carbocycles. The summed E-state index contributed by atoms with van der Waals surface area (Å²) in [5, 5.41) is 10.0. The first-order chi connectivity index (χ1) is 36.0. The molecule has 13 aromatic rings. The van der Waals surface area contributed by atoms with Crippen molar-refractivity contribution in [2.24, 2.45) is 0 Å². The zero-order valence-electron chi connectivity index (χ0n) is 43.0. The summed E-state index contributed by atoms with van der Waals surface area (Å²) >= 11 is 0. The molecule has 0 N–H and O–H groups in total. The summed E-state index contributed by atoms with van der Waals surface area (Å²) in [7, 11) is 0. The SMILES string of the molecule is CC(C)(C)c1ccc2c(c1)c1cc(C(C)(C)C)ccc1n2-c1ccc2ccc3c(N(c4cc(-c5ccccc5)cc(-c5ccccc5)c4)c4cccc(-c5ccccc5-c5ccccc5)c4)ccc4ccc1c2c43. The molecule has 0 saturated carbocycles. The highest BCUT2D eigenvalue weighted by atomic mass is 15.1. The fourth-order valence-electron chi connectivity index (χ4n) is 11.6. The second kappa shape index (κ2) is 17.5. The van der Waals surface area contributed by atoms with Gasteiger partial charge in [0, 0.05) is 32.9 Å². The highest BCUT2D eigenvalue weighted by Gasteiger charge is 2.25. The molecule has 0 saturated heterocycles. The fourth-order valence-corrected chi connectivity index (χ4v) is 11.6. The number of fused-ring (bicyclic) bond motifs is 3. The van der Waals surface area contributed by atoms with E-state index in [2.05, 4.69) is 294 Å². The molecule has 356 valence electrons. The fraction of sp³-hybridized carbons (Fsp3) is 0.111. The Kier molecular flexibility index (Phi) is 10.7. The zero-order valence-corrected chi connectivity index (χ0v) is 43.0. The summed E-state index contributed by atoms with van der Waals surface area (Å²) in [6.45, 7) is 13.9. The Morgan fingerprint density at radius 3 is 1.34 bits per heavy atom. The molecular weight excluding hydrogens is 893 g/mol. The van der Waals surface area contributed by atoms with Crippen molar-refractivity contribution in [3.8, 4) is 50.2 Å². The van der Waals surface area contributed by atoms with Crippen LogP contribution in [-0.4, -0.2) is 4.57 Å². The van der Waals surface area contributed by atoms with Gasteiger partial charge in [0.15, 0.2) is 0 Å².